The number of allylic oxidation sites excluding steroid dienone is 3. The monoisotopic (exact) mass is 455 g/mol. The van der Waals surface area contributed by atoms with Crippen LogP contribution >= 0.6 is 22.9 Å². The molecule has 0 aliphatic carbocycles. The topological polar surface area (TPSA) is 59.4 Å². The minimum atomic E-state index is -1.12. The van der Waals surface area contributed by atoms with E-state index in [1.165, 1.54) is 11.3 Å². The molecular weight excluding hydrogens is 430 g/mol. The number of aliphatic carboxylic acids is 1. The largest absolute Gasteiger partial charge is 0.479 e. The van der Waals surface area contributed by atoms with Crippen LogP contribution in [0.2, 0.25) is 5.02 Å². The van der Waals surface area contributed by atoms with Crippen molar-refractivity contribution < 1.29 is 14.6 Å². The van der Waals surface area contributed by atoms with Gasteiger partial charge in [-0.1, -0.05) is 42.5 Å². The molecule has 0 aliphatic rings. The highest BCUT2D eigenvalue weighted by Crippen LogP contribution is 2.43. The Balaban J connectivity index is 2.41. The van der Waals surface area contributed by atoms with E-state index >= 15 is 0 Å². The molecular formula is C25H26ClNO3S. The number of halogens is 1. The quantitative estimate of drug-likeness (QED) is 0.392. The summed E-state index contributed by atoms with van der Waals surface area (Å²) in [6, 6.07) is 9.35. The van der Waals surface area contributed by atoms with Gasteiger partial charge in [-0.2, -0.15) is 0 Å². The number of aromatic nitrogens is 1. The van der Waals surface area contributed by atoms with Crippen molar-refractivity contribution in [3.05, 3.63) is 70.2 Å². The minimum Gasteiger partial charge on any atom is -0.479 e. The summed E-state index contributed by atoms with van der Waals surface area (Å²) < 4.78 is 6.93. The summed E-state index contributed by atoms with van der Waals surface area (Å²) in [4.78, 5) is 17.1. The molecule has 1 unspecified atom stereocenters. The third-order valence-corrected chi connectivity index (χ3v) is 6.19. The second kappa shape index (κ2) is 8.95. The number of rotatable bonds is 6. The number of ether oxygens (including phenoxy) is 1. The van der Waals surface area contributed by atoms with Crippen molar-refractivity contribution in [2.24, 2.45) is 0 Å². The summed E-state index contributed by atoms with van der Waals surface area (Å²) in [5.74, 6) is -1.03. The number of carboxylic acid groups (broad SMARTS) is 1. The van der Waals surface area contributed by atoms with Gasteiger partial charge in [0, 0.05) is 21.7 Å². The Bertz CT molecular complexity index is 1170. The van der Waals surface area contributed by atoms with Gasteiger partial charge in [-0.3, -0.25) is 0 Å². The fraction of sp³-hybridized carbons (Fsp3) is 0.280. The molecule has 0 saturated heterocycles. The highest BCUT2D eigenvalue weighted by atomic mass is 35.5. The molecule has 0 spiro atoms. The molecule has 31 heavy (non-hydrogen) atoms. The van der Waals surface area contributed by atoms with E-state index in [1.54, 1.807) is 18.2 Å². The van der Waals surface area contributed by atoms with Gasteiger partial charge in [-0.25, -0.2) is 9.78 Å². The molecule has 3 rings (SSSR count). The first-order valence-electron chi connectivity index (χ1n) is 9.95. The standard InChI is InChI=1S/C25H26ClNO3S/c1-7-15(8-2)23-27-18-13-14(3)19(21(24(28)29)30-25(4,5)6)20(22(18)31-23)16-9-11-17(26)12-10-16/h7-13,21H,1H2,2-6H3,(H,28,29). The van der Waals surface area contributed by atoms with Gasteiger partial charge in [0.05, 0.1) is 15.8 Å². The average Bonchev–Trinajstić information content (AvgIpc) is 3.09. The maximum atomic E-state index is 12.3. The molecule has 0 fully saturated rings. The molecule has 0 aliphatic heterocycles. The maximum Gasteiger partial charge on any atom is 0.337 e. The normalized spacial score (nSPS) is 13.4. The number of aryl methyl sites for hydroxylation is 1. The maximum absolute atomic E-state index is 12.3. The molecule has 1 N–H and O–H groups in total. The molecule has 4 nitrogen and oxygen atoms in total. The van der Waals surface area contributed by atoms with Crippen molar-refractivity contribution in [3.63, 3.8) is 0 Å². The van der Waals surface area contributed by atoms with E-state index in [4.69, 9.17) is 21.3 Å². The SMILES string of the molecule is C=CC(=CC)c1nc2cc(C)c(C(OC(C)(C)C)C(=O)O)c(-c3ccc(Cl)cc3)c2s1. The van der Waals surface area contributed by atoms with Gasteiger partial charge in [0.2, 0.25) is 0 Å². The lowest BCUT2D eigenvalue weighted by Crippen LogP contribution is -2.28. The minimum absolute atomic E-state index is 0.614. The number of thiazole rings is 1. The molecule has 2 aromatic carbocycles. The van der Waals surface area contributed by atoms with Gasteiger partial charge in [0.1, 0.15) is 5.01 Å². The Morgan fingerprint density at radius 1 is 1.29 bits per heavy atom. The fourth-order valence-corrected chi connectivity index (χ4v) is 4.81. The fourth-order valence-electron chi connectivity index (χ4n) is 3.49. The molecule has 0 radical (unpaired) electrons. The summed E-state index contributed by atoms with van der Waals surface area (Å²) in [5, 5.41) is 11.5. The van der Waals surface area contributed by atoms with E-state index in [0.717, 1.165) is 37.5 Å². The predicted molar refractivity (Wildman–Crippen MR) is 130 cm³/mol. The van der Waals surface area contributed by atoms with Gasteiger partial charge < -0.3 is 9.84 Å². The highest BCUT2D eigenvalue weighted by molar-refractivity contribution is 7.20. The summed E-state index contributed by atoms with van der Waals surface area (Å²) in [5.41, 5.74) is 4.23. The van der Waals surface area contributed by atoms with Crippen LogP contribution in [0.5, 0.6) is 0 Å². The molecule has 162 valence electrons. The lowest BCUT2D eigenvalue weighted by atomic mass is 9.91. The summed E-state index contributed by atoms with van der Waals surface area (Å²) >= 11 is 7.64. The van der Waals surface area contributed by atoms with Crippen molar-refractivity contribution >= 4 is 44.7 Å². The number of carbonyl (C=O) groups is 1. The summed E-state index contributed by atoms with van der Waals surface area (Å²) in [7, 11) is 0. The van der Waals surface area contributed by atoms with Crippen molar-refractivity contribution in [2.75, 3.05) is 0 Å². The number of hydrogen-bond acceptors (Lipinski definition) is 4. The van der Waals surface area contributed by atoms with Crippen LogP contribution in [-0.4, -0.2) is 21.7 Å². The van der Waals surface area contributed by atoms with Crippen LogP contribution in [0.15, 0.2) is 49.1 Å². The first-order chi connectivity index (χ1) is 14.6. The Morgan fingerprint density at radius 3 is 2.45 bits per heavy atom. The van der Waals surface area contributed by atoms with E-state index < -0.39 is 17.7 Å². The molecule has 1 aromatic heterocycles. The van der Waals surface area contributed by atoms with Crippen LogP contribution in [0.4, 0.5) is 0 Å². The van der Waals surface area contributed by atoms with Crippen LogP contribution < -0.4 is 0 Å². The Hall–Kier alpha value is -2.47. The molecule has 1 heterocycles. The second-order valence-corrected chi connectivity index (χ2v) is 9.69. The van der Waals surface area contributed by atoms with Crippen molar-refractivity contribution in [1.82, 2.24) is 4.98 Å². The van der Waals surface area contributed by atoms with Gasteiger partial charge in [0.15, 0.2) is 6.10 Å². The second-order valence-electron chi connectivity index (χ2n) is 8.25. The van der Waals surface area contributed by atoms with Crippen molar-refractivity contribution in [3.8, 4) is 11.1 Å². The van der Waals surface area contributed by atoms with Gasteiger partial charge in [-0.05, 0) is 63.9 Å². The molecule has 1 atom stereocenters. The Labute approximate surface area is 191 Å². The van der Waals surface area contributed by atoms with E-state index in [9.17, 15) is 9.90 Å². The molecule has 0 amide bonds. The van der Waals surface area contributed by atoms with Gasteiger partial charge in [0.25, 0.3) is 0 Å². The van der Waals surface area contributed by atoms with E-state index in [2.05, 4.69) is 6.58 Å². The van der Waals surface area contributed by atoms with E-state index in [1.807, 2.05) is 58.9 Å². The lowest BCUT2D eigenvalue weighted by molar-refractivity contribution is -0.160. The van der Waals surface area contributed by atoms with Crippen LogP contribution in [-0.2, 0) is 9.53 Å². The lowest BCUT2D eigenvalue weighted by Gasteiger charge is -2.28. The third-order valence-electron chi connectivity index (χ3n) is 4.80. The number of nitrogens with zero attached hydrogens (tertiary/aromatic N) is 1. The third kappa shape index (κ3) is 4.90. The number of carboxylic acids is 1. The van der Waals surface area contributed by atoms with E-state index in [-0.39, 0.29) is 0 Å². The average molecular weight is 456 g/mol. The summed E-state index contributed by atoms with van der Waals surface area (Å²) in [6.45, 7) is 13.3. The van der Waals surface area contributed by atoms with Crippen LogP contribution in [0.25, 0.3) is 26.9 Å². The number of hydrogen-bond donors (Lipinski definition) is 1. The highest BCUT2D eigenvalue weighted by Gasteiger charge is 2.32. The zero-order valence-electron chi connectivity index (χ0n) is 18.3. The van der Waals surface area contributed by atoms with Crippen LogP contribution in [0.1, 0.15) is 49.9 Å². The zero-order chi connectivity index (χ0) is 22.9. The molecule has 6 heteroatoms. The zero-order valence-corrected chi connectivity index (χ0v) is 19.9. The molecule has 0 saturated carbocycles. The first-order valence-corrected chi connectivity index (χ1v) is 11.1. The number of benzene rings is 2. The number of fused-ring (bicyclic) bond motifs is 1. The summed E-state index contributed by atoms with van der Waals surface area (Å²) in [6.07, 6.45) is 2.61. The van der Waals surface area contributed by atoms with Gasteiger partial charge >= 0.3 is 5.97 Å². The molecule has 0 bridgehead atoms. The van der Waals surface area contributed by atoms with Crippen molar-refractivity contribution in [2.45, 2.75) is 46.3 Å². The smallest absolute Gasteiger partial charge is 0.337 e. The first kappa shape index (κ1) is 23.2. The van der Waals surface area contributed by atoms with Crippen molar-refractivity contribution in [1.29, 1.82) is 0 Å². The van der Waals surface area contributed by atoms with Gasteiger partial charge in [-0.15, -0.1) is 11.3 Å². The Morgan fingerprint density at radius 2 is 1.94 bits per heavy atom. The van der Waals surface area contributed by atoms with E-state index in [0.29, 0.717) is 10.6 Å². The van der Waals surface area contributed by atoms with Crippen LogP contribution in [0.3, 0.4) is 0 Å². The Kier molecular flexibility index (Phi) is 6.70. The molecule has 3 aromatic rings. The predicted octanol–water partition coefficient (Wildman–Crippen LogP) is 7.46. The van der Waals surface area contributed by atoms with Crippen LogP contribution in [0, 0.1) is 6.92 Å².